The van der Waals surface area contributed by atoms with E-state index in [9.17, 15) is 9.59 Å². The number of carbonyl (C=O) groups is 1. The highest BCUT2D eigenvalue weighted by Gasteiger charge is 2.20. The SMILES string of the molecule is CC(C)c1cc(C(=O)OCn2nnc3ccccc3c2=O)c2cnn(C(C)C)c2n1. The predicted molar refractivity (Wildman–Crippen MR) is 111 cm³/mol. The van der Waals surface area contributed by atoms with Gasteiger partial charge in [0.1, 0.15) is 5.52 Å². The van der Waals surface area contributed by atoms with Crippen LogP contribution in [0.25, 0.3) is 21.9 Å². The number of hydrogen-bond donors (Lipinski definition) is 0. The van der Waals surface area contributed by atoms with Gasteiger partial charge in [-0.15, -0.1) is 5.10 Å². The molecule has 4 aromatic rings. The monoisotopic (exact) mass is 406 g/mol. The van der Waals surface area contributed by atoms with Crippen molar-refractivity contribution < 1.29 is 9.53 Å². The molecule has 0 amide bonds. The first kappa shape index (κ1) is 19.7. The standard InChI is InChI=1S/C21H22N6O3/c1-12(2)18-9-15(16-10-22-27(13(3)4)19(16)23-18)21(29)30-11-26-20(28)14-7-5-6-8-17(14)24-25-26/h5-10,12-13H,11H2,1-4H3. The Labute approximate surface area is 172 Å². The number of benzene rings is 1. The molecule has 0 radical (unpaired) electrons. The van der Waals surface area contributed by atoms with Crippen LogP contribution in [0.5, 0.6) is 0 Å². The highest BCUT2D eigenvalue weighted by Crippen LogP contribution is 2.25. The van der Waals surface area contributed by atoms with Gasteiger partial charge in [-0.25, -0.2) is 14.5 Å². The van der Waals surface area contributed by atoms with E-state index in [4.69, 9.17) is 4.74 Å². The fourth-order valence-electron chi connectivity index (χ4n) is 3.19. The number of esters is 1. The van der Waals surface area contributed by atoms with Crippen LogP contribution in [0.4, 0.5) is 0 Å². The van der Waals surface area contributed by atoms with Crippen molar-refractivity contribution in [3.8, 4) is 0 Å². The zero-order valence-electron chi connectivity index (χ0n) is 17.2. The number of hydrogen-bond acceptors (Lipinski definition) is 7. The highest BCUT2D eigenvalue weighted by atomic mass is 16.5. The van der Waals surface area contributed by atoms with E-state index in [2.05, 4.69) is 20.4 Å². The summed E-state index contributed by atoms with van der Waals surface area (Å²) >= 11 is 0. The number of nitrogens with zero attached hydrogens (tertiary/aromatic N) is 6. The van der Waals surface area contributed by atoms with Crippen LogP contribution in [-0.2, 0) is 11.5 Å². The van der Waals surface area contributed by atoms with Crippen molar-refractivity contribution in [1.29, 1.82) is 0 Å². The van der Waals surface area contributed by atoms with Gasteiger partial charge in [0.05, 0.1) is 22.5 Å². The molecule has 0 N–H and O–H groups in total. The van der Waals surface area contributed by atoms with Gasteiger partial charge in [-0.3, -0.25) is 4.79 Å². The Hall–Kier alpha value is -3.62. The van der Waals surface area contributed by atoms with Crippen molar-refractivity contribution in [3.63, 3.8) is 0 Å². The number of aromatic nitrogens is 6. The quantitative estimate of drug-likeness (QED) is 0.469. The van der Waals surface area contributed by atoms with Gasteiger partial charge >= 0.3 is 5.97 Å². The van der Waals surface area contributed by atoms with E-state index >= 15 is 0 Å². The van der Waals surface area contributed by atoms with Crippen LogP contribution in [0.1, 0.15) is 55.7 Å². The maximum atomic E-state index is 12.9. The lowest BCUT2D eigenvalue weighted by Crippen LogP contribution is -2.26. The van der Waals surface area contributed by atoms with Crippen LogP contribution in [0.2, 0.25) is 0 Å². The molecule has 9 heteroatoms. The molecular weight excluding hydrogens is 384 g/mol. The molecule has 0 bridgehead atoms. The first-order valence-corrected chi connectivity index (χ1v) is 9.74. The summed E-state index contributed by atoms with van der Waals surface area (Å²) in [6.07, 6.45) is 1.62. The largest absolute Gasteiger partial charge is 0.439 e. The fraction of sp³-hybridized carbons (Fsp3) is 0.333. The van der Waals surface area contributed by atoms with Gasteiger partial charge in [0.15, 0.2) is 12.4 Å². The van der Waals surface area contributed by atoms with E-state index < -0.39 is 5.97 Å². The van der Waals surface area contributed by atoms with Crippen LogP contribution >= 0.6 is 0 Å². The van der Waals surface area contributed by atoms with Crippen molar-refractivity contribution in [2.45, 2.75) is 46.4 Å². The molecule has 3 aromatic heterocycles. The minimum absolute atomic E-state index is 0.0905. The summed E-state index contributed by atoms with van der Waals surface area (Å²) in [4.78, 5) is 30.1. The number of fused-ring (bicyclic) bond motifs is 2. The van der Waals surface area contributed by atoms with E-state index in [0.29, 0.717) is 27.5 Å². The smallest absolute Gasteiger partial charge is 0.340 e. The first-order chi connectivity index (χ1) is 14.4. The summed E-state index contributed by atoms with van der Waals surface area (Å²) in [6.45, 7) is 7.67. The Morgan fingerprint density at radius 1 is 1.13 bits per heavy atom. The van der Waals surface area contributed by atoms with Crippen molar-refractivity contribution >= 4 is 27.9 Å². The molecule has 0 spiro atoms. The number of carbonyl (C=O) groups excluding carboxylic acids is 1. The second-order valence-corrected chi connectivity index (χ2v) is 7.64. The molecule has 30 heavy (non-hydrogen) atoms. The Morgan fingerprint density at radius 3 is 2.63 bits per heavy atom. The van der Waals surface area contributed by atoms with Crippen molar-refractivity contribution in [2.24, 2.45) is 0 Å². The van der Waals surface area contributed by atoms with Gasteiger partial charge < -0.3 is 4.74 Å². The molecule has 0 aliphatic carbocycles. The molecule has 1 aromatic carbocycles. The second-order valence-electron chi connectivity index (χ2n) is 7.64. The van der Waals surface area contributed by atoms with Crippen LogP contribution in [0.3, 0.4) is 0 Å². The molecule has 0 saturated carbocycles. The average Bonchev–Trinajstić information content (AvgIpc) is 3.17. The first-order valence-electron chi connectivity index (χ1n) is 9.74. The summed E-state index contributed by atoms with van der Waals surface area (Å²) < 4.78 is 8.22. The summed E-state index contributed by atoms with van der Waals surface area (Å²) in [6, 6.07) is 8.69. The summed E-state index contributed by atoms with van der Waals surface area (Å²) in [5.41, 5.74) is 1.87. The summed E-state index contributed by atoms with van der Waals surface area (Å²) in [5, 5.41) is 13.2. The van der Waals surface area contributed by atoms with Crippen molar-refractivity contribution in [1.82, 2.24) is 29.8 Å². The topological polar surface area (TPSA) is 105 Å². The van der Waals surface area contributed by atoms with E-state index in [1.165, 1.54) is 0 Å². The Bertz CT molecular complexity index is 1310. The van der Waals surface area contributed by atoms with Crippen LogP contribution in [0, 0.1) is 0 Å². The van der Waals surface area contributed by atoms with Gasteiger partial charge in [-0.05, 0) is 38.0 Å². The van der Waals surface area contributed by atoms with Crippen LogP contribution in [0.15, 0.2) is 41.3 Å². The van der Waals surface area contributed by atoms with Gasteiger partial charge in [0, 0.05) is 11.7 Å². The zero-order valence-corrected chi connectivity index (χ0v) is 17.2. The maximum Gasteiger partial charge on any atom is 0.340 e. The third-order valence-corrected chi connectivity index (χ3v) is 4.83. The Balaban J connectivity index is 1.68. The minimum atomic E-state index is -0.575. The fourth-order valence-corrected chi connectivity index (χ4v) is 3.19. The number of pyridine rings is 1. The molecule has 0 saturated heterocycles. The van der Waals surface area contributed by atoms with Gasteiger partial charge in [0.2, 0.25) is 0 Å². The molecule has 9 nitrogen and oxygen atoms in total. The number of rotatable bonds is 5. The third-order valence-electron chi connectivity index (χ3n) is 4.83. The molecule has 0 atom stereocenters. The van der Waals surface area contributed by atoms with Gasteiger partial charge in [0.25, 0.3) is 5.56 Å². The summed E-state index contributed by atoms with van der Waals surface area (Å²) in [7, 11) is 0. The molecule has 154 valence electrons. The van der Waals surface area contributed by atoms with Crippen molar-refractivity contribution in [3.05, 3.63) is 58.1 Å². The Morgan fingerprint density at radius 2 is 1.90 bits per heavy atom. The lowest BCUT2D eigenvalue weighted by molar-refractivity contribution is 0.0338. The zero-order chi connectivity index (χ0) is 21.4. The van der Waals surface area contributed by atoms with E-state index in [1.54, 1.807) is 41.2 Å². The molecule has 4 rings (SSSR count). The molecule has 3 heterocycles. The van der Waals surface area contributed by atoms with E-state index in [1.807, 2.05) is 27.7 Å². The third kappa shape index (κ3) is 3.42. The van der Waals surface area contributed by atoms with Crippen molar-refractivity contribution in [2.75, 3.05) is 0 Å². The lowest BCUT2D eigenvalue weighted by Gasteiger charge is -2.12. The molecule has 0 unspecified atom stereocenters. The molecular formula is C21H22N6O3. The van der Waals surface area contributed by atoms with E-state index in [-0.39, 0.29) is 24.2 Å². The second kappa shape index (κ2) is 7.66. The van der Waals surface area contributed by atoms with Gasteiger partial charge in [-0.1, -0.05) is 31.2 Å². The average molecular weight is 406 g/mol. The molecule has 0 aliphatic rings. The molecule has 0 aliphatic heterocycles. The van der Waals surface area contributed by atoms with Gasteiger partial charge in [-0.2, -0.15) is 9.78 Å². The predicted octanol–water partition coefficient (Wildman–Crippen LogP) is 3.06. The van der Waals surface area contributed by atoms with E-state index in [0.717, 1.165) is 10.4 Å². The maximum absolute atomic E-state index is 12.9. The van der Waals surface area contributed by atoms with Crippen LogP contribution in [-0.4, -0.2) is 35.7 Å². The summed E-state index contributed by atoms with van der Waals surface area (Å²) in [5.74, 6) is -0.458. The normalized spacial score (nSPS) is 11.7. The Kier molecular flexibility index (Phi) is 5.03. The molecule has 0 fully saturated rings. The number of ether oxygens (including phenoxy) is 1. The lowest BCUT2D eigenvalue weighted by atomic mass is 10.1. The van der Waals surface area contributed by atoms with Crippen LogP contribution < -0.4 is 5.56 Å². The minimum Gasteiger partial charge on any atom is -0.439 e. The highest BCUT2D eigenvalue weighted by molar-refractivity contribution is 6.02.